The number of amides is 2. The maximum atomic E-state index is 12.6. The number of methoxy groups -OCH3 is 1. The number of nitrogens with one attached hydrogen (secondary N) is 1. The van der Waals surface area contributed by atoms with E-state index in [1.165, 1.54) is 0 Å². The Balaban J connectivity index is 2.37. The molecule has 1 aliphatic rings. The lowest BCUT2D eigenvalue weighted by Crippen LogP contribution is -2.67. The molecule has 0 aromatic heterocycles. The first-order chi connectivity index (χ1) is 10.0. The fourth-order valence-corrected chi connectivity index (χ4v) is 2.73. The Morgan fingerprint density at radius 2 is 1.95 bits per heavy atom. The van der Waals surface area contributed by atoms with Gasteiger partial charge in [0.15, 0.2) is 0 Å². The van der Waals surface area contributed by atoms with Gasteiger partial charge in [-0.05, 0) is 25.8 Å². The fraction of sp³-hybridized carbons (Fsp3) is 0.500. The quantitative estimate of drug-likeness (QED) is 0.831. The third-order valence-corrected chi connectivity index (χ3v) is 4.03. The highest BCUT2D eigenvalue weighted by Crippen LogP contribution is 2.32. The lowest BCUT2D eigenvalue weighted by Gasteiger charge is -2.46. The Bertz CT molecular complexity index is 518. The lowest BCUT2D eigenvalue weighted by molar-refractivity contribution is -0.157. The first kappa shape index (κ1) is 15.5. The van der Waals surface area contributed by atoms with E-state index in [4.69, 9.17) is 4.74 Å². The van der Waals surface area contributed by atoms with E-state index < -0.39 is 11.6 Å². The summed E-state index contributed by atoms with van der Waals surface area (Å²) in [5, 5.41) is 2.78. The lowest BCUT2D eigenvalue weighted by atomic mass is 9.85. The molecule has 1 aromatic carbocycles. The molecule has 1 fully saturated rings. The predicted octanol–water partition coefficient (Wildman–Crippen LogP) is 1.29. The van der Waals surface area contributed by atoms with Crippen LogP contribution in [-0.4, -0.2) is 43.0 Å². The van der Waals surface area contributed by atoms with Crippen LogP contribution < -0.4 is 5.32 Å². The van der Waals surface area contributed by atoms with E-state index >= 15 is 0 Å². The summed E-state index contributed by atoms with van der Waals surface area (Å²) in [6.07, 6.45) is 0.699. The maximum absolute atomic E-state index is 12.6. The van der Waals surface area contributed by atoms with E-state index in [-0.39, 0.29) is 11.8 Å². The summed E-state index contributed by atoms with van der Waals surface area (Å²) in [5.74, 6) is -0.199. The van der Waals surface area contributed by atoms with Gasteiger partial charge in [-0.1, -0.05) is 30.3 Å². The summed E-state index contributed by atoms with van der Waals surface area (Å²) in [7, 11) is 1.63. The van der Waals surface area contributed by atoms with Crippen LogP contribution in [0.15, 0.2) is 30.3 Å². The minimum Gasteiger partial charge on any atom is -0.385 e. The maximum Gasteiger partial charge on any atom is 0.250 e. The minimum absolute atomic E-state index is 0.0583. The van der Waals surface area contributed by atoms with Crippen molar-refractivity contribution in [3.63, 3.8) is 0 Å². The van der Waals surface area contributed by atoms with Crippen LogP contribution in [0.4, 0.5) is 0 Å². The summed E-state index contributed by atoms with van der Waals surface area (Å²) < 4.78 is 5.06. The molecule has 1 aromatic rings. The number of piperazine rings is 1. The number of carbonyl (C=O) groups excluding carboxylic acids is 2. The summed E-state index contributed by atoms with van der Waals surface area (Å²) in [5.41, 5.74) is -0.154. The first-order valence-electron chi connectivity index (χ1n) is 7.18. The molecule has 1 saturated heterocycles. The Labute approximate surface area is 125 Å². The third kappa shape index (κ3) is 2.78. The predicted molar refractivity (Wildman–Crippen MR) is 79.6 cm³/mol. The van der Waals surface area contributed by atoms with Gasteiger partial charge in [0, 0.05) is 20.3 Å². The van der Waals surface area contributed by atoms with Crippen molar-refractivity contribution in [2.75, 3.05) is 20.3 Å². The minimum atomic E-state index is -0.974. The molecule has 114 valence electrons. The van der Waals surface area contributed by atoms with Gasteiger partial charge in [0.05, 0.1) is 0 Å². The van der Waals surface area contributed by atoms with Crippen molar-refractivity contribution >= 4 is 11.8 Å². The van der Waals surface area contributed by atoms with Gasteiger partial charge in [-0.15, -0.1) is 0 Å². The number of benzene rings is 1. The van der Waals surface area contributed by atoms with Gasteiger partial charge in [-0.2, -0.15) is 0 Å². The molecule has 0 saturated carbocycles. The number of hydrogen-bond donors (Lipinski definition) is 1. The standard InChI is InChI=1S/C16H22N2O3/c1-12-14(19)18(10-7-11-21-3)16(2,15(20)17-12)13-8-5-4-6-9-13/h4-6,8-9,12H,7,10-11H2,1-3H3,(H,17,20). The van der Waals surface area contributed by atoms with Crippen molar-refractivity contribution in [3.05, 3.63) is 35.9 Å². The monoisotopic (exact) mass is 290 g/mol. The zero-order chi connectivity index (χ0) is 15.5. The Morgan fingerprint density at radius 3 is 2.57 bits per heavy atom. The first-order valence-corrected chi connectivity index (χ1v) is 7.18. The van der Waals surface area contributed by atoms with Crippen molar-refractivity contribution in [3.8, 4) is 0 Å². The molecule has 1 aliphatic heterocycles. The van der Waals surface area contributed by atoms with Gasteiger partial charge < -0.3 is 15.0 Å². The molecule has 2 atom stereocenters. The molecule has 0 spiro atoms. The molecule has 2 amide bonds. The zero-order valence-electron chi connectivity index (χ0n) is 12.8. The van der Waals surface area contributed by atoms with Crippen LogP contribution in [0, 0.1) is 0 Å². The molecule has 5 heteroatoms. The van der Waals surface area contributed by atoms with E-state index in [9.17, 15) is 9.59 Å². The number of ether oxygens (including phenoxy) is 1. The van der Waals surface area contributed by atoms with Crippen LogP contribution in [0.3, 0.4) is 0 Å². The van der Waals surface area contributed by atoms with Crippen LogP contribution in [0.5, 0.6) is 0 Å². The Kier molecular flexibility index (Phi) is 4.63. The third-order valence-electron chi connectivity index (χ3n) is 4.03. The molecule has 1 heterocycles. The topological polar surface area (TPSA) is 58.6 Å². The van der Waals surface area contributed by atoms with E-state index in [0.29, 0.717) is 19.6 Å². The molecule has 2 unspecified atom stereocenters. The fourth-order valence-electron chi connectivity index (χ4n) is 2.73. The smallest absolute Gasteiger partial charge is 0.250 e. The molecular weight excluding hydrogens is 268 g/mol. The largest absolute Gasteiger partial charge is 0.385 e. The molecule has 5 nitrogen and oxygen atoms in total. The van der Waals surface area contributed by atoms with Gasteiger partial charge in [-0.25, -0.2) is 0 Å². The molecule has 0 radical (unpaired) electrons. The normalized spacial score (nSPS) is 25.9. The number of rotatable bonds is 5. The highest BCUT2D eigenvalue weighted by atomic mass is 16.5. The van der Waals surface area contributed by atoms with Crippen LogP contribution in [-0.2, 0) is 19.9 Å². The molecule has 0 aliphatic carbocycles. The zero-order valence-corrected chi connectivity index (χ0v) is 12.8. The number of nitrogens with zero attached hydrogens (tertiary/aromatic N) is 1. The summed E-state index contributed by atoms with van der Waals surface area (Å²) in [4.78, 5) is 26.8. The molecule has 0 bridgehead atoms. The second-order valence-electron chi connectivity index (χ2n) is 5.47. The van der Waals surface area contributed by atoms with Crippen molar-refractivity contribution in [2.45, 2.75) is 31.8 Å². The SMILES string of the molecule is COCCCN1C(=O)C(C)NC(=O)C1(C)c1ccccc1. The molecular formula is C16H22N2O3. The number of hydrogen-bond acceptors (Lipinski definition) is 3. The van der Waals surface area contributed by atoms with Crippen molar-refractivity contribution in [1.82, 2.24) is 10.2 Å². The summed E-state index contributed by atoms with van der Waals surface area (Å²) in [6.45, 7) is 4.57. The number of carbonyl (C=O) groups is 2. The van der Waals surface area contributed by atoms with Crippen LogP contribution in [0.2, 0.25) is 0 Å². The Morgan fingerprint density at radius 1 is 1.29 bits per heavy atom. The summed E-state index contributed by atoms with van der Waals surface area (Å²) >= 11 is 0. The van der Waals surface area contributed by atoms with E-state index in [2.05, 4.69) is 5.32 Å². The van der Waals surface area contributed by atoms with Crippen LogP contribution in [0.1, 0.15) is 25.8 Å². The van der Waals surface area contributed by atoms with Gasteiger partial charge >= 0.3 is 0 Å². The van der Waals surface area contributed by atoms with Gasteiger partial charge in [0.2, 0.25) is 5.91 Å². The van der Waals surface area contributed by atoms with Gasteiger partial charge in [0.1, 0.15) is 11.6 Å². The van der Waals surface area contributed by atoms with Crippen LogP contribution >= 0.6 is 0 Å². The van der Waals surface area contributed by atoms with Crippen molar-refractivity contribution in [1.29, 1.82) is 0 Å². The molecule has 21 heavy (non-hydrogen) atoms. The highest BCUT2D eigenvalue weighted by molar-refractivity contribution is 6.00. The molecule has 1 N–H and O–H groups in total. The van der Waals surface area contributed by atoms with E-state index in [0.717, 1.165) is 5.56 Å². The second-order valence-corrected chi connectivity index (χ2v) is 5.47. The molecule has 2 rings (SSSR count). The van der Waals surface area contributed by atoms with E-state index in [1.54, 1.807) is 25.9 Å². The van der Waals surface area contributed by atoms with Crippen molar-refractivity contribution in [2.24, 2.45) is 0 Å². The van der Waals surface area contributed by atoms with Gasteiger partial charge in [0.25, 0.3) is 5.91 Å². The average Bonchev–Trinajstić information content (AvgIpc) is 2.50. The Hall–Kier alpha value is -1.88. The second kappa shape index (κ2) is 6.26. The van der Waals surface area contributed by atoms with Gasteiger partial charge in [-0.3, -0.25) is 9.59 Å². The van der Waals surface area contributed by atoms with Crippen LogP contribution in [0.25, 0.3) is 0 Å². The van der Waals surface area contributed by atoms with Crippen molar-refractivity contribution < 1.29 is 14.3 Å². The highest BCUT2D eigenvalue weighted by Gasteiger charge is 2.48. The average molecular weight is 290 g/mol. The summed E-state index contributed by atoms with van der Waals surface area (Å²) in [6, 6.07) is 8.93. The van der Waals surface area contributed by atoms with E-state index in [1.807, 2.05) is 30.3 Å².